The number of ether oxygens (including phenoxy) is 1. The lowest BCUT2D eigenvalue weighted by Gasteiger charge is -2.58. The van der Waals surface area contributed by atoms with Crippen molar-refractivity contribution in [2.24, 2.45) is 40.4 Å². The lowest BCUT2D eigenvalue weighted by molar-refractivity contribution is -0.0492. The van der Waals surface area contributed by atoms with Gasteiger partial charge in [-0.2, -0.15) is 0 Å². The van der Waals surface area contributed by atoms with Gasteiger partial charge in [-0.25, -0.2) is 0 Å². The number of aromatic hydroxyl groups is 2. The van der Waals surface area contributed by atoms with E-state index in [4.69, 9.17) is 4.74 Å². The molecule has 0 radical (unpaired) electrons. The van der Waals surface area contributed by atoms with Crippen LogP contribution in [0, 0.1) is 40.4 Å². The van der Waals surface area contributed by atoms with Crippen LogP contribution in [0.4, 0.5) is 0 Å². The Bertz CT molecular complexity index is 1540. The van der Waals surface area contributed by atoms with Crippen LogP contribution >= 0.6 is 0 Å². The van der Waals surface area contributed by atoms with Gasteiger partial charge < -0.3 is 14.9 Å². The van der Waals surface area contributed by atoms with Gasteiger partial charge in [-0.15, -0.1) is 0 Å². The molecule has 0 heterocycles. The molecule has 0 bridgehead atoms. The predicted molar refractivity (Wildman–Crippen MR) is 178 cm³/mol. The maximum absolute atomic E-state index is 11.1. The van der Waals surface area contributed by atoms with Crippen LogP contribution in [-0.4, -0.2) is 16.3 Å². The molecule has 0 saturated heterocycles. The van der Waals surface area contributed by atoms with Gasteiger partial charge in [-0.3, -0.25) is 0 Å². The second kappa shape index (κ2) is 11.0. The van der Waals surface area contributed by atoms with Crippen LogP contribution in [0.25, 0.3) is 21.5 Å². The van der Waals surface area contributed by atoms with E-state index in [-0.39, 0.29) is 17.6 Å². The number of phenols is 2. The summed E-state index contributed by atoms with van der Waals surface area (Å²) in [6.45, 7) is 10.0. The Hall–Kier alpha value is -2.68. The van der Waals surface area contributed by atoms with E-state index in [9.17, 15) is 10.2 Å². The second-order valence-corrected chi connectivity index (χ2v) is 15.7. The predicted octanol–water partition coefficient (Wildman–Crippen LogP) is 10.9. The van der Waals surface area contributed by atoms with E-state index >= 15 is 0 Å². The molecule has 43 heavy (non-hydrogen) atoms. The van der Waals surface area contributed by atoms with E-state index in [0.717, 1.165) is 48.2 Å². The fourth-order valence-electron chi connectivity index (χ4n) is 10.6. The van der Waals surface area contributed by atoms with Gasteiger partial charge in [-0.05, 0) is 110 Å². The van der Waals surface area contributed by atoms with E-state index in [1.807, 2.05) is 42.5 Å². The zero-order valence-electron chi connectivity index (χ0n) is 26.9. The molecular formula is C40H52O3. The molecule has 7 atom stereocenters. The van der Waals surface area contributed by atoms with E-state index in [1.54, 1.807) is 5.57 Å². The monoisotopic (exact) mass is 580 g/mol. The molecule has 3 fully saturated rings. The average molecular weight is 581 g/mol. The smallest absolute Gasteiger partial charge is 0.131 e. The Morgan fingerprint density at radius 3 is 2.35 bits per heavy atom. The van der Waals surface area contributed by atoms with Crippen molar-refractivity contribution >= 4 is 21.5 Å². The molecule has 3 heteroatoms. The minimum Gasteiger partial charge on any atom is -0.507 e. The van der Waals surface area contributed by atoms with Crippen molar-refractivity contribution < 1.29 is 14.9 Å². The van der Waals surface area contributed by atoms with E-state index < -0.39 is 0 Å². The molecule has 7 rings (SSSR count). The third-order valence-electron chi connectivity index (χ3n) is 13.1. The number of phenolic OH excluding ortho intramolecular Hbond substituents is 2. The summed E-state index contributed by atoms with van der Waals surface area (Å²) in [5.41, 5.74) is 2.51. The first-order valence-electron chi connectivity index (χ1n) is 17.4. The van der Waals surface area contributed by atoms with Crippen LogP contribution in [0.1, 0.15) is 105 Å². The van der Waals surface area contributed by atoms with Crippen molar-refractivity contribution in [1.29, 1.82) is 0 Å². The number of hydrogen-bond acceptors (Lipinski definition) is 3. The highest BCUT2D eigenvalue weighted by Gasteiger charge is 2.58. The largest absolute Gasteiger partial charge is 0.507 e. The van der Waals surface area contributed by atoms with E-state index in [0.29, 0.717) is 32.4 Å². The molecule has 0 aliphatic heterocycles. The summed E-state index contributed by atoms with van der Waals surface area (Å²) < 4.78 is 6.63. The molecular weight excluding hydrogens is 528 g/mol. The first-order chi connectivity index (χ1) is 20.7. The van der Waals surface area contributed by atoms with Gasteiger partial charge in [-0.1, -0.05) is 82.9 Å². The van der Waals surface area contributed by atoms with Gasteiger partial charge in [0.2, 0.25) is 0 Å². The number of allylic oxidation sites excluding steroid dienone is 1. The van der Waals surface area contributed by atoms with Crippen LogP contribution in [-0.2, 0) is 0 Å². The zero-order valence-corrected chi connectivity index (χ0v) is 26.9. The SMILES string of the molecule is CC(C)CCCCC1CCC2C3CC=C4CC(Oc5ccc6c(O)c7ccccc7c(O)c6c5)CCC4(C)C3CCC12C. The highest BCUT2D eigenvalue weighted by Crippen LogP contribution is 2.67. The maximum Gasteiger partial charge on any atom is 0.131 e. The summed E-state index contributed by atoms with van der Waals surface area (Å²) in [6.07, 6.45) is 18.8. The van der Waals surface area contributed by atoms with Crippen LogP contribution < -0.4 is 4.74 Å². The molecule has 0 aromatic heterocycles. The number of unbranched alkanes of at least 4 members (excludes halogenated alkanes) is 1. The van der Waals surface area contributed by atoms with Gasteiger partial charge in [0.1, 0.15) is 23.4 Å². The fraction of sp³-hybridized carbons (Fsp3) is 0.600. The summed E-state index contributed by atoms with van der Waals surface area (Å²) in [6, 6.07) is 13.2. The first-order valence-corrected chi connectivity index (χ1v) is 17.4. The lowest BCUT2D eigenvalue weighted by atomic mass is 9.47. The quantitative estimate of drug-likeness (QED) is 0.126. The van der Waals surface area contributed by atoms with Gasteiger partial charge in [0.05, 0.1) is 0 Å². The summed E-state index contributed by atoms with van der Waals surface area (Å²) >= 11 is 0. The molecule has 0 spiro atoms. The molecule has 4 aliphatic carbocycles. The van der Waals surface area contributed by atoms with Crippen molar-refractivity contribution in [2.75, 3.05) is 0 Å². The van der Waals surface area contributed by atoms with Crippen molar-refractivity contribution in [3.05, 3.63) is 54.1 Å². The topological polar surface area (TPSA) is 49.7 Å². The molecule has 2 N–H and O–H groups in total. The van der Waals surface area contributed by atoms with Crippen LogP contribution in [0.2, 0.25) is 0 Å². The first kappa shape index (κ1) is 29.1. The molecule has 7 unspecified atom stereocenters. The Morgan fingerprint density at radius 1 is 0.837 bits per heavy atom. The van der Waals surface area contributed by atoms with Crippen LogP contribution in [0.3, 0.4) is 0 Å². The Morgan fingerprint density at radius 2 is 1.58 bits per heavy atom. The molecule has 3 aromatic carbocycles. The van der Waals surface area contributed by atoms with Crippen molar-refractivity contribution in [3.8, 4) is 17.2 Å². The summed E-state index contributed by atoms with van der Waals surface area (Å²) in [5.74, 6) is 5.56. The Balaban J connectivity index is 1.06. The van der Waals surface area contributed by atoms with Crippen LogP contribution in [0.5, 0.6) is 17.2 Å². The number of benzene rings is 3. The minimum absolute atomic E-state index is 0.153. The van der Waals surface area contributed by atoms with Crippen molar-refractivity contribution in [1.82, 2.24) is 0 Å². The molecule has 230 valence electrons. The fourth-order valence-corrected chi connectivity index (χ4v) is 10.6. The number of hydrogen-bond donors (Lipinski definition) is 2. The van der Waals surface area contributed by atoms with Gasteiger partial charge in [0.15, 0.2) is 0 Å². The third kappa shape index (κ3) is 4.84. The number of fused-ring (bicyclic) bond motifs is 7. The zero-order chi connectivity index (χ0) is 29.9. The normalized spacial score (nSPS) is 33.7. The maximum atomic E-state index is 11.1. The van der Waals surface area contributed by atoms with Crippen LogP contribution in [0.15, 0.2) is 54.1 Å². The molecule has 3 aromatic rings. The van der Waals surface area contributed by atoms with E-state index in [1.165, 1.54) is 64.2 Å². The van der Waals surface area contributed by atoms with E-state index in [2.05, 4.69) is 33.8 Å². The Kier molecular flexibility index (Phi) is 7.46. The molecule has 4 aliphatic rings. The molecule has 3 nitrogen and oxygen atoms in total. The van der Waals surface area contributed by atoms with Crippen molar-refractivity contribution in [3.63, 3.8) is 0 Å². The summed E-state index contributed by atoms with van der Waals surface area (Å²) in [5, 5.41) is 24.6. The molecule has 0 amide bonds. The van der Waals surface area contributed by atoms with Gasteiger partial charge in [0.25, 0.3) is 0 Å². The summed E-state index contributed by atoms with van der Waals surface area (Å²) in [7, 11) is 0. The van der Waals surface area contributed by atoms with Crippen molar-refractivity contribution in [2.45, 2.75) is 111 Å². The second-order valence-electron chi connectivity index (χ2n) is 15.7. The lowest BCUT2D eigenvalue weighted by Crippen LogP contribution is -2.50. The summed E-state index contributed by atoms with van der Waals surface area (Å²) in [4.78, 5) is 0. The van der Waals surface area contributed by atoms with Gasteiger partial charge >= 0.3 is 0 Å². The minimum atomic E-state index is 0.153. The highest BCUT2D eigenvalue weighted by molar-refractivity contribution is 6.10. The average Bonchev–Trinajstić information content (AvgIpc) is 3.34. The van der Waals surface area contributed by atoms with Gasteiger partial charge in [0, 0.05) is 28.0 Å². The molecule has 3 saturated carbocycles. The number of rotatable bonds is 7. The Labute approximate surface area is 258 Å². The third-order valence-corrected chi connectivity index (χ3v) is 13.1. The highest BCUT2D eigenvalue weighted by atomic mass is 16.5. The standard InChI is InChI=1S/C40H52O3/c1-25(2)9-5-6-10-26-14-18-35-33-16-13-27-23-29(19-21-40(27,4)36(33)20-22-39(26,35)3)43-28-15-17-32-34(24-28)38(42)31-12-8-7-11-30(31)37(32)41/h7-8,11-13,15,17,24-26,29,33,35-36,41-42H,5-6,9-10,14,16,18-23H2,1-4H3.